The SMILES string of the molecule is CC(C)c1ccc(F)c(-c2ccnc(C3CCC4(CCN(C)C4=O)N3)c2)c1. The van der Waals surface area contributed by atoms with Gasteiger partial charge in [0, 0.05) is 25.4 Å². The Labute approximate surface area is 159 Å². The molecule has 1 spiro atoms. The molecule has 2 aliphatic heterocycles. The van der Waals surface area contributed by atoms with Gasteiger partial charge in [-0.25, -0.2) is 4.39 Å². The molecule has 1 aromatic carbocycles. The van der Waals surface area contributed by atoms with Gasteiger partial charge in [-0.3, -0.25) is 15.1 Å². The van der Waals surface area contributed by atoms with Crippen LogP contribution in [0.2, 0.25) is 0 Å². The Morgan fingerprint density at radius 2 is 2.07 bits per heavy atom. The van der Waals surface area contributed by atoms with Gasteiger partial charge in [0.05, 0.1) is 11.7 Å². The molecular formula is C22H26FN3O. The van der Waals surface area contributed by atoms with Gasteiger partial charge < -0.3 is 4.90 Å². The van der Waals surface area contributed by atoms with E-state index in [0.29, 0.717) is 11.5 Å². The molecular weight excluding hydrogens is 341 g/mol. The van der Waals surface area contributed by atoms with Crippen molar-refractivity contribution in [2.45, 2.75) is 50.6 Å². The first-order chi connectivity index (χ1) is 12.9. The second-order valence-electron chi connectivity index (χ2n) is 8.16. The number of carbonyl (C=O) groups excluding carboxylic acids is 1. The van der Waals surface area contributed by atoms with Crippen molar-refractivity contribution in [2.75, 3.05) is 13.6 Å². The van der Waals surface area contributed by atoms with Crippen LogP contribution in [0.3, 0.4) is 0 Å². The number of likely N-dealkylation sites (tertiary alicyclic amines) is 1. The van der Waals surface area contributed by atoms with Crippen molar-refractivity contribution in [3.8, 4) is 11.1 Å². The number of hydrogen-bond acceptors (Lipinski definition) is 3. The van der Waals surface area contributed by atoms with E-state index in [0.717, 1.165) is 42.6 Å². The van der Waals surface area contributed by atoms with Crippen molar-refractivity contribution < 1.29 is 9.18 Å². The molecule has 2 aromatic rings. The molecule has 1 amide bonds. The van der Waals surface area contributed by atoms with Crippen LogP contribution < -0.4 is 5.32 Å². The maximum absolute atomic E-state index is 14.5. The van der Waals surface area contributed by atoms with Gasteiger partial charge in [0.25, 0.3) is 0 Å². The number of nitrogens with one attached hydrogen (secondary N) is 1. The van der Waals surface area contributed by atoms with Crippen LogP contribution in [0.25, 0.3) is 11.1 Å². The van der Waals surface area contributed by atoms with Crippen LogP contribution in [0.5, 0.6) is 0 Å². The monoisotopic (exact) mass is 367 g/mol. The van der Waals surface area contributed by atoms with Crippen LogP contribution in [-0.2, 0) is 4.79 Å². The lowest BCUT2D eigenvalue weighted by Crippen LogP contribution is -2.47. The van der Waals surface area contributed by atoms with Crippen LogP contribution in [0, 0.1) is 5.82 Å². The molecule has 2 aliphatic rings. The number of pyridine rings is 1. The molecule has 2 fully saturated rings. The zero-order valence-electron chi connectivity index (χ0n) is 16.1. The zero-order chi connectivity index (χ0) is 19.2. The lowest BCUT2D eigenvalue weighted by Gasteiger charge is -2.23. The van der Waals surface area contributed by atoms with Crippen LogP contribution in [0.4, 0.5) is 4.39 Å². The van der Waals surface area contributed by atoms with Crippen molar-refractivity contribution in [1.29, 1.82) is 0 Å². The normalized spacial score (nSPS) is 25.1. The summed E-state index contributed by atoms with van der Waals surface area (Å²) in [5.74, 6) is 0.296. The van der Waals surface area contributed by atoms with Gasteiger partial charge in [-0.05, 0) is 60.6 Å². The molecule has 2 unspecified atom stereocenters. The molecule has 5 heteroatoms. The third-order valence-corrected chi connectivity index (χ3v) is 6.05. The first kappa shape index (κ1) is 18.1. The molecule has 27 heavy (non-hydrogen) atoms. The summed E-state index contributed by atoms with van der Waals surface area (Å²) in [7, 11) is 1.86. The predicted octanol–water partition coefficient (Wildman–Crippen LogP) is 4.04. The van der Waals surface area contributed by atoms with Gasteiger partial charge in [-0.1, -0.05) is 19.9 Å². The predicted molar refractivity (Wildman–Crippen MR) is 104 cm³/mol. The molecule has 0 bridgehead atoms. The maximum atomic E-state index is 14.5. The van der Waals surface area contributed by atoms with Crippen molar-refractivity contribution in [2.24, 2.45) is 0 Å². The summed E-state index contributed by atoms with van der Waals surface area (Å²) in [5, 5.41) is 3.54. The highest BCUT2D eigenvalue weighted by Crippen LogP contribution is 2.39. The summed E-state index contributed by atoms with van der Waals surface area (Å²) in [5.41, 5.74) is 2.98. The second kappa shape index (κ2) is 6.71. The number of rotatable bonds is 3. The Kier molecular flexibility index (Phi) is 4.50. The van der Waals surface area contributed by atoms with Crippen LogP contribution in [-0.4, -0.2) is 34.9 Å². The number of amides is 1. The van der Waals surface area contributed by atoms with Crippen molar-refractivity contribution in [3.63, 3.8) is 0 Å². The number of hydrogen-bond donors (Lipinski definition) is 1. The van der Waals surface area contributed by atoms with Crippen LogP contribution in [0.1, 0.15) is 56.3 Å². The van der Waals surface area contributed by atoms with E-state index in [1.165, 1.54) is 0 Å². The third-order valence-electron chi connectivity index (χ3n) is 6.05. The topological polar surface area (TPSA) is 45.2 Å². The summed E-state index contributed by atoms with van der Waals surface area (Å²) >= 11 is 0. The molecule has 4 nitrogen and oxygen atoms in total. The molecule has 1 aromatic heterocycles. The summed E-state index contributed by atoms with van der Waals surface area (Å²) in [4.78, 5) is 18.9. The van der Waals surface area contributed by atoms with Crippen molar-refractivity contribution in [1.82, 2.24) is 15.2 Å². The molecule has 0 saturated carbocycles. The van der Waals surface area contributed by atoms with E-state index < -0.39 is 5.54 Å². The first-order valence-electron chi connectivity index (χ1n) is 9.69. The minimum Gasteiger partial charge on any atom is -0.344 e. The van der Waals surface area contributed by atoms with E-state index in [9.17, 15) is 9.18 Å². The third kappa shape index (κ3) is 3.14. The van der Waals surface area contributed by atoms with E-state index in [-0.39, 0.29) is 17.8 Å². The van der Waals surface area contributed by atoms with E-state index in [1.807, 2.05) is 31.3 Å². The fourth-order valence-corrected chi connectivity index (χ4v) is 4.32. The van der Waals surface area contributed by atoms with Gasteiger partial charge in [-0.2, -0.15) is 0 Å². The number of carbonyl (C=O) groups is 1. The Morgan fingerprint density at radius 3 is 2.78 bits per heavy atom. The Morgan fingerprint density at radius 1 is 1.26 bits per heavy atom. The number of benzene rings is 1. The van der Waals surface area contributed by atoms with Gasteiger partial charge in [0.2, 0.25) is 5.91 Å². The highest BCUT2D eigenvalue weighted by atomic mass is 19.1. The molecule has 1 N–H and O–H groups in total. The minimum atomic E-state index is -0.445. The molecule has 0 aliphatic carbocycles. The number of aromatic nitrogens is 1. The highest BCUT2D eigenvalue weighted by molar-refractivity contribution is 5.88. The van der Waals surface area contributed by atoms with E-state index in [2.05, 4.69) is 24.1 Å². The number of likely N-dealkylation sites (N-methyl/N-ethyl adjacent to an activating group) is 1. The van der Waals surface area contributed by atoms with Crippen molar-refractivity contribution in [3.05, 3.63) is 53.6 Å². The molecule has 2 saturated heterocycles. The molecule has 4 rings (SSSR count). The van der Waals surface area contributed by atoms with Gasteiger partial charge in [0.1, 0.15) is 11.4 Å². The quantitative estimate of drug-likeness (QED) is 0.891. The van der Waals surface area contributed by atoms with E-state index in [4.69, 9.17) is 0 Å². The Balaban J connectivity index is 1.63. The molecule has 2 atom stereocenters. The average molecular weight is 367 g/mol. The Hall–Kier alpha value is -2.27. The smallest absolute Gasteiger partial charge is 0.242 e. The van der Waals surface area contributed by atoms with Gasteiger partial charge >= 0.3 is 0 Å². The summed E-state index contributed by atoms with van der Waals surface area (Å²) in [6.07, 6.45) is 4.26. The summed E-state index contributed by atoms with van der Waals surface area (Å²) in [6.45, 7) is 5.00. The first-order valence-corrected chi connectivity index (χ1v) is 9.69. The zero-order valence-corrected chi connectivity index (χ0v) is 16.1. The molecule has 142 valence electrons. The molecule has 0 radical (unpaired) electrons. The molecule has 3 heterocycles. The standard InChI is InChI=1S/C22H26FN3O/c1-14(2)15-4-5-18(23)17(12-15)16-7-10-24-20(13-16)19-6-8-22(25-19)9-11-26(3)21(22)27/h4-5,7,10,12-14,19,25H,6,8-9,11H2,1-3H3. The van der Waals surface area contributed by atoms with Crippen LogP contribution in [0.15, 0.2) is 36.5 Å². The van der Waals surface area contributed by atoms with Crippen LogP contribution >= 0.6 is 0 Å². The summed E-state index contributed by atoms with van der Waals surface area (Å²) < 4.78 is 14.5. The van der Waals surface area contributed by atoms with Gasteiger partial charge in [0.15, 0.2) is 0 Å². The van der Waals surface area contributed by atoms with E-state index >= 15 is 0 Å². The fourth-order valence-electron chi connectivity index (χ4n) is 4.32. The maximum Gasteiger partial charge on any atom is 0.242 e. The van der Waals surface area contributed by atoms with Gasteiger partial charge in [-0.15, -0.1) is 0 Å². The second-order valence-corrected chi connectivity index (χ2v) is 8.16. The lowest BCUT2D eigenvalue weighted by molar-refractivity contribution is -0.131. The lowest BCUT2D eigenvalue weighted by atomic mass is 9.95. The number of halogens is 1. The highest BCUT2D eigenvalue weighted by Gasteiger charge is 2.50. The van der Waals surface area contributed by atoms with Crippen molar-refractivity contribution >= 4 is 5.91 Å². The summed E-state index contributed by atoms with van der Waals surface area (Å²) in [6, 6.07) is 9.15. The Bertz CT molecular complexity index is 882. The average Bonchev–Trinajstić information content (AvgIpc) is 3.22. The number of nitrogens with zero attached hydrogens (tertiary/aromatic N) is 2. The fraction of sp³-hybridized carbons (Fsp3) is 0.455. The largest absolute Gasteiger partial charge is 0.344 e. The van der Waals surface area contributed by atoms with E-state index in [1.54, 1.807) is 17.2 Å². The minimum absolute atomic E-state index is 0.0248.